The molecule has 1 saturated heterocycles. The summed E-state index contributed by atoms with van der Waals surface area (Å²) >= 11 is 1.20. The summed E-state index contributed by atoms with van der Waals surface area (Å²) in [6, 6.07) is 19.4. The van der Waals surface area contributed by atoms with Crippen LogP contribution in [0.1, 0.15) is 12.8 Å². The second kappa shape index (κ2) is 11.7. The van der Waals surface area contributed by atoms with E-state index in [0.717, 1.165) is 11.3 Å². The Balaban J connectivity index is 1.34. The van der Waals surface area contributed by atoms with Gasteiger partial charge in [0.05, 0.1) is 18.8 Å². The van der Waals surface area contributed by atoms with Crippen LogP contribution >= 0.6 is 11.8 Å². The summed E-state index contributed by atoms with van der Waals surface area (Å²) in [6.07, 6.45) is 1.09. The normalized spacial score (nSPS) is 13.9. The van der Waals surface area contributed by atoms with Crippen LogP contribution in [-0.4, -0.2) is 70.1 Å². The molecular formula is C25H26N4O5S. The highest BCUT2D eigenvalue weighted by atomic mass is 32.2. The molecule has 0 atom stereocenters. The monoisotopic (exact) mass is 494 g/mol. The van der Waals surface area contributed by atoms with E-state index in [4.69, 9.17) is 9.47 Å². The summed E-state index contributed by atoms with van der Waals surface area (Å²) in [6.45, 7) is 0.545. The Morgan fingerprint density at radius 1 is 0.971 bits per heavy atom. The van der Waals surface area contributed by atoms with E-state index in [1.54, 1.807) is 4.90 Å². The summed E-state index contributed by atoms with van der Waals surface area (Å²) in [5, 5.41) is 9.18. The molecule has 2 heterocycles. The standard InChI is InChI=1S/C25H26N4O5S/c1-33-24(32)19-12-14-28(15-13-19)21(30)16-34-22(31)17-35-25-27-26-23(18-8-4-2-5-9-18)29(25)20-10-6-3-7-11-20/h2-11,19H,12-17H2,1H3. The van der Waals surface area contributed by atoms with Crippen LogP contribution in [0.2, 0.25) is 0 Å². The van der Waals surface area contributed by atoms with Gasteiger partial charge in [0.2, 0.25) is 0 Å². The van der Waals surface area contributed by atoms with Crippen molar-refractivity contribution < 1.29 is 23.9 Å². The van der Waals surface area contributed by atoms with Gasteiger partial charge in [0.1, 0.15) is 0 Å². The van der Waals surface area contributed by atoms with Crippen molar-refractivity contribution in [2.45, 2.75) is 18.0 Å². The van der Waals surface area contributed by atoms with Gasteiger partial charge in [-0.25, -0.2) is 0 Å². The number of amides is 1. The lowest BCUT2D eigenvalue weighted by Gasteiger charge is -2.30. The highest BCUT2D eigenvalue weighted by molar-refractivity contribution is 7.99. The maximum atomic E-state index is 12.4. The van der Waals surface area contributed by atoms with Gasteiger partial charge in [-0.2, -0.15) is 0 Å². The molecule has 1 fully saturated rings. The molecule has 2 aromatic carbocycles. The number of ether oxygens (including phenoxy) is 2. The summed E-state index contributed by atoms with van der Waals surface area (Å²) < 4.78 is 11.9. The Labute approximate surface area is 207 Å². The zero-order valence-corrected chi connectivity index (χ0v) is 20.1. The second-order valence-corrected chi connectivity index (χ2v) is 8.91. The molecule has 0 unspecified atom stereocenters. The van der Waals surface area contributed by atoms with Gasteiger partial charge >= 0.3 is 11.9 Å². The predicted octanol–water partition coefficient (Wildman–Crippen LogP) is 2.98. The Morgan fingerprint density at radius 2 is 1.63 bits per heavy atom. The van der Waals surface area contributed by atoms with Crippen LogP contribution in [0, 0.1) is 5.92 Å². The van der Waals surface area contributed by atoms with Gasteiger partial charge in [-0.3, -0.25) is 19.0 Å². The van der Waals surface area contributed by atoms with Crippen molar-refractivity contribution in [1.82, 2.24) is 19.7 Å². The second-order valence-electron chi connectivity index (χ2n) is 7.97. The van der Waals surface area contributed by atoms with E-state index in [-0.39, 0.29) is 30.2 Å². The highest BCUT2D eigenvalue weighted by Gasteiger charge is 2.28. The van der Waals surface area contributed by atoms with E-state index in [0.29, 0.717) is 36.9 Å². The molecule has 0 spiro atoms. The van der Waals surface area contributed by atoms with Gasteiger partial charge in [0, 0.05) is 24.3 Å². The molecule has 0 N–H and O–H groups in total. The number of hydrogen-bond acceptors (Lipinski definition) is 8. The Kier molecular flexibility index (Phi) is 8.15. The van der Waals surface area contributed by atoms with E-state index in [1.165, 1.54) is 18.9 Å². The first-order chi connectivity index (χ1) is 17.1. The molecule has 0 saturated carbocycles. The van der Waals surface area contributed by atoms with E-state index in [2.05, 4.69) is 10.2 Å². The summed E-state index contributed by atoms with van der Waals surface area (Å²) in [7, 11) is 1.36. The number of esters is 2. The minimum Gasteiger partial charge on any atom is -0.469 e. The fourth-order valence-electron chi connectivity index (χ4n) is 3.88. The highest BCUT2D eigenvalue weighted by Crippen LogP contribution is 2.28. The number of aromatic nitrogens is 3. The van der Waals surface area contributed by atoms with Crippen LogP contribution in [0.25, 0.3) is 17.1 Å². The number of thioether (sulfide) groups is 1. The molecule has 182 valence electrons. The first-order valence-electron chi connectivity index (χ1n) is 11.3. The van der Waals surface area contributed by atoms with Gasteiger partial charge in [-0.15, -0.1) is 10.2 Å². The largest absolute Gasteiger partial charge is 0.469 e. The molecule has 0 radical (unpaired) electrons. The zero-order valence-electron chi connectivity index (χ0n) is 19.3. The van der Waals surface area contributed by atoms with E-state index in [9.17, 15) is 14.4 Å². The lowest BCUT2D eigenvalue weighted by atomic mass is 9.97. The Bertz CT molecular complexity index is 1160. The lowest BCUT2D eigenvalue weighted by molar-refractivity contribution is -0.152. The number of piperidine rings is 1. The van der Waals surface area contributed by atoms with Crippen LogP contribution < -0.4 is 0 Å². The minimum absolute atomic E-state index is 0.0164. The fourth-order valence-corrected chi connectivity index (χ4v) is 4.63. The number of carbonyl (C=O) groups excluding carboxylic acids is 3. The van der Waals surface area contributed by atoms with Crippen molar-refractivity contribution in [3.05, 3.63) is 60.7 Å². The molecule has 1 aliphatic heterocycles. The fraction of sp³-hybridized carbons (Fsp3) is 0.320. The number of methoxy groups -OCH3 is 1. The van der Waals surface area contributed by atoms with Gasteiger partial charge in [0.25, 0.3) is 5.91 Å². The molecule has 9 nitrogen and oxygen atoms in total. The molecule has 1 aliphatic rings. The van der Waals surface area contributed by atoms with Crippen molar-refractivity contribution in [2.24, 2.45) is 5.92 Å². The molecule has 0 bridgehead atoms. The quantitative estimate of drug-likeness (QED) is 0.348. The summed E-state index contributed by atoms with van der Waals surface area (Å²) in [5.41, 5.74) is 1.78. The van der Waals surface area contributed by atoms with E-state index < -0.39 is 5.97 Å². The third-order valence-electron chi connectivity index (χ3n) is 5.74. The summed E-state index contributed by atoms with van der Waals surface area (Å²) in [5.74, 6) is -0.581. The number of para-hydroxylation sites is 1. The predicted molar refractivity (Wildman–Crippen MR) is 130 cm³/mol. The Morgan fingerprint density at radius 3 is 2.29 bits per heavy atom. The lowest BCUT2D eigenvalue weighted by Crippen LogP contribution is -2.42. The molecule has 10 heteroatoms. The topological polar surface area (TPSA) is 104 Å². The van der Waals surface area contributed by atoms with Gasteiger partial charge in [0.15, 0.2) is 17.6 Å². The number of likely N-dealkylation sites (tertiary alicyclic amines) is 1. The molecule has 35 heavy (non-hydrogen) atoms. The van der Waals surface area contributed by atoms with E-state index in [1.807, 2.05) is 65.2 Å². The number of carbonyl (C=O) groups is 3. The first-order valence-corrected chi connectivity index (χ1v) is 12.3. The van der Waals surface area contributed by atoms with Crippen molar-refractivity contribution >= 4 is 29.6 Å². The average molecular weight is 495 g/mol. The molecule has 0 aliphatic carbocycles. The van der Waals surface area contributed by atoms with Crippen molar-refractivity contribution in [2.75, 3.05) is 32.6 Å². The Hall–Kier alpha value is -3.66. The SMILES string of the molecule is COC(=O)C1CCN(C(=O)COC(=O)CSc2nnc(-c3ccccc3)n2-c2ccccc2)CC1. The average Bonchev–Trinajstić information content (AvgIpc) is 3.35. The van der Waals surface area contributed by atoms with Crippen LogP contribution in [0.3, 0.4) is 0 Å². The van der Waals surface area contributed by atoms with Gasteiger partial charge in [-0.05, 0) is 25.0 Å². The van der Waals surface area contributed by atoms with E-state index >= 15 is 0 Å². The number of nitrogens with zero attached hydrogens (tertiary/aromatic N) is 4. The summed E-state index contributed by atoms with van der Waals surface area (Å²) in [4.78, 5) is 38.0. The first kappa shape index (κ1) is 24.5. The zero-order chi connectivity index (χ0) is 24.6. The van der Waals surface area contributed by atoms with Crippen LogP contribution in [0.4, 0.5) is 0 Å². The molecule has 4 rings (SSSR count). The van der Waals surface area contributed by atoms with Gasteiger partial charge < -0.3 is 14.4 Å². The van der Waals surface area contributed by atoms with Crippen LogP contribution in [-0.2, 0) is 23.9 Å². The van der Waals surface area contributed by atoms with Crippen molar-refractivity contribution in [3.8, 4) is 17.1 Å². The maximum Gasteiger partial charge on any atom is 0.316 e. The van der Waals surface area contributed by atoms with Crippen LogP contribution in [0.5, 0.6) is 0 Å². The number of rotatable bonds is 8. The van der Waals surface area contributed by atoms with Crippen molar-refractivity contribution in [3.63, 3.8) is 0 Å². The van der Waals surface area contributed by atoms with Crippen LogP contribution in [0.15, 0.2) is 65.8 Å². The third-order valence-corrected chi connectivity index (χ3v) is 6.64. The van der Waals surface area contributed by atoms with Crippen molar-refractivity contribution in [1.29, 1.82) is 0 Å². The number of hydrogen-bond donors (Lipinski definition) is 0. The van der Waals surface area contributed by atoms with Gasteiger partial charge in [-0.1, -0.05) is 60.3 Å². The molecular weight excluding hydrogens is 468 g/mol. The smallest absolute Gasteiger partial charge is 0.316 e. The minimum atomic E-state index is -0.517. The molecule has 3 aromatic rings. The maximum absolute atomic E-state index is 12.4. The number of benzene rings is 2. The third kappa shape index (κ3) is 6.07. The molecule has 1 aromatic heterocycles. The molecule has 1 amide bonds.